The van der Waals surface area contributed by atoms with Crippen molar-refractivity contribution in [3.05, 3.63) is 12.2 Å². The molecule has 140 valence electrons. The van der Waals surface area contributed by atoms with E-state index in [1.54, 1.807) is 19.0 Å². The van der Waals surface area contributed by atoms with Crippen LogP contribution in [0.2, 0.25) is 0 Å². The third-order valence-electron chi connectivity index (χ3n) is 4.08. The van der Waals surface area contributed by atoms with Crippen molar-refractivity contribution in [2.45, 2.75) is 77.2 Å². The molecule has 0 bridgehead atoms. The van der Waals surface area contributed by atoms with Gasteiger partial charge in [0.05, 0.1) is 0 Å². The summed E-state index contributed by atoms with van der Waals surface area (Å²) in [7, 11) is 3.55. The molecule has 0 rings (SSSR count). The molecule has 0 aromatic heterocycles. The number of hydrogen-bond donors (Lipinski definition) is 2. The fourth-order valence-electron chi connectivity index (χ4n) is 2.54. The molecule has 0 aliphatic rings. The second-order valence-corrected chi connectivity index (χ2v) is 6.54. The molecule has 0 aliphatic heterocycles. The number of nitrogens with one attached hydrogen (secondary N) is 1. The third-order valence-corrected chi connectivity index (χ3v) is 4.08. The number of carboxylic acids is 1. The first-order chi connectivity index (χ1) is 11.5. The summed E-state index contributed by atoms with van der Waals surface area (Å²) in [5.74, 6) is -0.747. The number of allylic oxidation sites excluding steroid dienone is 1. The van der Waals surface area contributed by atoms with Crippen LogP contribution in [0.25, 0.3) is 0 Å². The van der Waals surface area contributed by atoms with Gasteiger partial charge in [0.15, 0.2) is 0 Å². The topological polar surface area (TPSA) is 69.6 Å². The molecule has 5 nitrogen and oxygen atoms in total. The number of rotatable bonds is 15. The lowest BCUT2D eigenvalue weighted by atomic mass is 10.1. The van der Waals surface area contributed by atoms with Gasteiger partial charge in [0.25, 0.3) is 0 Å². The third kappa shape index (κ3) is 13.1. The maximum atomic E-state index is 11.7. The van der Waals surface area contributed by atoms with Gasteiger partial charge in [-0.05, 0) is 46.2 Å². The standard InChI is InChI=1S/C19H36N2O3/c1-4-5-6-7-8-9-10-11-15-18(22)20-16-13-12-14-17(19(23)24)21(2)3/h10-11,17H,4-9,12-16H2,1-3H3,(H,20,22)(H,23,24)/b11-10+/t17-/m0/s1. The Morgan fingerprint density at radius 3 is 2.38 bits per heavy atom. The monoisotopic (exact) mass is 340 g/mol. The molecule has 0 radical (unpaired) electrons. The van der Waals surface area contributed by atoms with Crippen LogP contribution in [0.3, 0.4) is 0 Å². The van der Waals surface area contributed by atoms with E-state index in [2.05, 4.69) is 18.3 Å². The van der Waals surface area contributed by atoms with Crippen LogP contribution in [0.15, 0.2) is 12.2 Å². The smallest absolute Gasteiger partial charge is 0.320 e. The van der Waals surface area contributed by atoms with Crippen LogP contribution in [0.4, 0.5) is 0 Å². The Kier molecular flexibility index (Phi) is 14.3. The predicted octanol–water partition coefficient (Wildman–Crippen LogP) is 3.59. The minimum absolute atomic E-state index is 0.0413. The van der Waals surface area contributed by atoms with Crippen LogP contribution in [0.1, 0.15) is 71.1 Å². The van der Waals surface area contributed by atoms with E-state index in [9.17, 15) is 9.59 Å². The molecule has 1 amide bonds. The maximum absolute atomic E-state index is 11.7. The van der Waals surface area contributed by atoms with E-state index in [4.69, 9.17) is 5.11 Å². The summed E-state index contributed by atoms with van der Waals surface area (Å²) < 4.78 is 0. The summed E-state index contributed by atoms with van der Waals surface area (Å²) in [6.07, 6.45) is 14.1. The number of hydrogen-bond acceptors (Lipinski definition) is 3. The summed E-state index contributed by atoms with van der Waals surface area (Å²) in [5, 5.41) is 12.0. The maximum Gasteiger partial charge on any atom is 0.320 e. The van der Waals surface area contributed by atoms with E-state index in [0.717, 1.165) is 19.3 Å². The van der Waals surface area contributed by atoms with Crippen LogP contribution in [-0.2, 0) is 9.59 Å². The summed E-state index contributed by atoms with van der Waals surface area (Å²) >= 11 is 0. The SMILES string of the molecule is CCCCCCC/C=C/CC(=O)NCCCC[C@@H](C(=O)O)N(C)C. The largest absolute Gasteiger partial charge is 0.480 e. The number of carbonyl (C=O) groups is 2. The fraction of sp³-hybridized carbons (Fsp3) is 0.789. The Labute approximate surface area is 147 Å². The molecule has 0 fully saturated rings. The van der Waals surface area contributed by atoms with E-state index in [1.165, 1.54) is 32.1 Å². The van der Waals surface area contributed by atoms with E-state index in [1.807, 2.05) is 6.08 Å². The Morgan fingerprint density at radius 1 is 1.04 bits per heavy atom. The summed E-state index contributed by atoms with van der Waals surface area (Å²) in [5.41, 5.74) is 0. The van der Waals surface area contributed by atoms with Gasteiger partial charge in [0, 0.05) is 13.0 Å². The minimum atomic E-state index is -0.788. The molecule has 2 N–H and O–H groups in total. The number of aliphatic carboxylic acids is 1. The van der Waals surface area contributed by atoms with Gasteiger partial charge >= 0.3 is 5.97 Å². The van der Waals surface area contributed by atoms with Gasteiger partial charge in [-0.1, -0.05) is 44.8 Å². The molecule has 0 saturated heterocycles. The first-order valence-electron chi connectivity index (χ1n) is 9.30. The van der Waals surface area contributed by atoms with E-state index in [0.29, 0.717) is 19.4 Å². The molecule has 24 heavy (non-hydrogen) atoms. The Bertz CT molecular complexity index is 368. The zero-order valence-electron chi connectivity index (χ0n) is 15.7. The lowest BCUT2D eigenvalue weighted by Gasteiger charge is -2.19. The van der Waals surface area contributed by atoms with Crippen LogP contribution in [0.5, 0.6) is 0 Å². The van der Waals surface area contributed by atoms with Gasteiger partial charge in [0.2, 0.25) is 5.91 Å². The van der Waals surface area contributed by atoms with Crippen molar-refractivity contribution in [1.29, 1.82) is 0 Å². The number of carboxylic acid groups (broad SMARTS) is 1. The number of unbranched alkanes of at least 4 members (excludes halogenated alkanes) is 6. The molecule has 0 aromatic rings. The second-order valence-electron chi connectivity index (χ2n) is 6.54. The zero-order chi connectivity index (χ0) is 18.2. The second kappa shape index (κ2) is 15.2. The molecule has 0 saturated carbocycles. The molecule has 5 heteroatoms. The average molecular weight is 341 g/mol. The van der Waals surface area contributed by atoms with Crippen molar-refractivity contribution >= 4 is 11.9 Å². The molecule has 0 aliphatic carbocycles. The molecular formula is C19H36N2O3. The van der Waals surface area contributed by atoms with E-state index in [-0.39, 0.29) is 5.91 Å². The molecule has 0 aromatic carbocycles. The molecule has 1 atom stereocenters. The molecule has 0 unspecified atom stereocenters. The fourth-order valence-corrected chi connectivity index (χ4v) is 2.54. The van der Waals surface area contributed by atoms with Gasteiger partial charge in [0.1, 0.15) is 6.04 Å². The number of amides is 1. The quantitative estimate of drug-likeness (QED) is 0.353. The summed E-state index contributed by atoms with van der Waals surface area (Å²) in [6, 6.07) is -0.444. The van der Waals surface area contributed by atoms with Gasteiger partial charge in [-0.25, -0.2) is 0 Å². The lowest BCUT2D eigenvalue weighted by molar-refractivity contribution is -0.142. The summed E-state index contributed by atoms with van der Waals surface area (Å²) in [6.45, 7) is 2.83. The molecule has 0 spiro atoms. The van der Waals surface area contributed by atoms with Gasteiger partial charge in [-0.15, -0.1) is 0 Å². The van der Waals surface area contributed by atoms with Gasteiger partial charge < -0.3 is 10.4 Å². The van der Waals surface area contributed by atoms with Crippen molar-refractivity contribution in [2.75, 3.05) is 20.6 Å². The highest BCUT2D eigenvalue weighted by Gasteiger charge is 2.18. The highest BCUT2D eigenvalue weighted by Crippen LogP contribution is 2.06. The van der Waals surface area contributed by atoms with Crippen molar-refractivity contribution in [3.63, 3.8) is 0 Å². The normalized spacial score (nSPS) is 12.7. The van der Waals surface area contributed by atoms with Crippen molar-refractivity contribution in [2.24, 2.45) is 0 Å². The van der Waals surface area contributed by atoms with Crippen molar-refractivity contribution < 1.29 is 14.7 Å². The van der Waals surface area contributed by atoms with E-state index >= 15 is 0 Å². The minimum Gasteiger partial charge on any atom is -0.480 e. The average Bonchev–Trinajstić information content (AvgIpc) is 2.52. The van der Waals surface area contributed by atoms with Crippen molar-refractivity contribution in [3.8, 4) is 0 Å². The van der Waals surface area contributed by atoms with E-state index < -0.39 is 12.0 Å². The molecular weight excluding hydrogens is 304 g/mol. The van der Waals surface area contributed by atoms with Gasteiger partial charge in [-0.3, -0.25) is 14.5 Å². The molecule has 0 heterocycles. The van der Waals surface area contributed by atoms with Crippen LogP contribution in [-0.4, -0.2) is 48.6 Å². The van der Waals surface area contributed by atoms with Gasteiger partial charge in [-0.2, -0.15) is 0 Å². The first-order valence-corrected chi connectivity index (χ1v) is 9.30. The Balaban J connectivity index is 3.57. The van der Waals surface area contributed by atoms with Crippen LogP contribution in [0, 0.1) is 0 Å². The number of likely N-dealkylation sites (N-methyl/N-ethyl adjacent to an activating group) is 1. The first kappa shape index (κ1) is 22.6. The number of carbonyl (C=O) groups excluding carboxylic acids is 1. The Hall–Kier alpha value is -1.36. The van der Waals surface area contributed by atoms with Crippen LogP contribution >= 0.6 is 0 Å². The van der Waals surface area contributed by atoms with Crippen molar-refractivity contribution in [1.82, 2.24) is 10.2 Å². The highest BCUT2D eigenvalue weighted by molar-refractivity contribution is 5.77. The zero-order valence-corrected chi connectivity index (χ0v) is 15.7. The lowest BCUT2D eigenvalue weighted by Crippen LogP contribution is -2.35. The number of nitrogens with zero attached hydrogens (tertiary/aromatic N) is 1. The predicted molar refractivity (Wildman–Crippen MR) is 99.1 cm³/mol. The summed E-state index contributed by atoms with van der Waals surface area (Å²) in [4.78, 5) is 24.4. The van der Waals surface area contributed by atoms with Crippen LogP contribution < -0.4 is 5.32 Å². The highest BCUT2D eigenvalue weighted by atomic mass is 16.4. The Morgan fingerprint density at radius 2 is 1.75 bits per heavy atom.